The zero-order valence-electron chi connectivity index (χ0n) is 16.9. The van der Waals surface area contributed by atoms with Crippen LogP contribution < -0.4 is 10.1 Å². The highest BCUT2D eigenvalue weighted by Crippen LogP contribution is 2.59. The summed E-state index contributed by atoms with van der Waals surface area (Å²) in [6, 6.07) is 17.7. The molecule has 5 heteroatoms. The third-order valence-electron chi connectivity index (χ3n) is 6.46. The minimum Gasteiger partial charge on any atom is -0.496 e. The highest BCUT2D eigenvalue weighted by molar-refractivity contribution is 5.83. The molecule has 2 aromatic carbocycles. The number of nitrogens with zero attached hydrogens (tertiary/aromatic N) is 1. The van der Waals surface area contributed by atoms with Gasteiger partial charge in [-0.3, -0.25) is 9.59 Å². The first-order valence-electron chi connectivity index (χ1n) is 10.3. The van der Waals surface area contributed by atoms with Crippen LogP contribution in [0, 0.1) is 11.3 Å². The van der Waals surface area contributed by atoms with Crippen LogP contribution in [0.1, 0.15) is 30.4 Å². The second-order valence-corrected chi connectivity index (χ2v) is 8.19. The van der Waals surface area contributed by atoms with E-state index in [1.807, 2.05) is 59.5 Å². The van der Waals surface area contributed by atoms with Crippen LogP contribution in [0.4, 0.5) is 0 Å². The maximum atomic E-state index is 12.7. The van der Waals surface area contributed by atoms with Gasteiger partial charge in [-0.25, -0.2) is 0 Å². The molecule has 1 atom stereocenters. The monoisotopic (exact) mass is 392 g/mol. The number of amides is 2. The molecule has 1 spiro atoms. The van der Waals surface area contributed by atoms with E-state index in [1.165, 1.54) is 0 Å². The fraction of sp³-hybridized carbons (Fsp3) is 0.417. The Hall–Kier alpha value is -2.82. The van der Waals surface area contributed by atoms with Gasteiger partial charge in [-0.1, -0.05) is 48.5 Å². The van der Waals surface area contributed by atoms with Gasteiger partial charge in [0.05, 0.1) is 13.5 Å². The van der Waals surface area contributed by atoms with Crippen molar-refractivity contribution < 1.29 is 14.3 Å². The number of hydrogen-bond acceptors (Lipinski definition) is 3. The van der Waals surface area contributed by atoms with Crippen LogP contribution in [0.2, 0.25) is 0 Å². The first kappa shape index (κ1) is 19.5. The maximum absolute atomic E-state index is 12.7. The largest absolute Gasteiger partial charge is 0.496 e. The van der Waals surface area contributed by atoms with Gasteiger partial charge in [-0.15, -0.1) is 0 Å². The molecular formula is C24H28N2O3. The van der Waals surface area contributed by atoms with Crippen LogP contribution >= 0.6 is 0 Å². The number of piperidine rings is 1. The average molecular weight is 392 g/mol. The van der Waals surface area contributed by atoms with Crippen molar-refractivity contribution in [3.8, 4) is 5.75 Å². The van der Waals surface area contributed by atoms with Crippen molar-refractivity contribution in [3.63, 3.8) is 0 Å². The van der Waals surface area contributed by atoms with E-state index in [4.69, 9.17) is 4.74 Å². The third-order valence-corrected chi connectivity index (χ3v) is 6.46. The number of ether oxygens (including phenoxy) is 1. The van der Waals surface area contributed by atoms with Crippen LogP contribution in [0.5, 0.6) is 5.75 Å². The van der Waals surface area contributed by atoms with Gasteiger partial charge in [0.1, 0.15) is 5.75 Å². The summed E-state index contributed by atoms with van der Waals surface area (Å²) in [7, 11) is 1.63. The van der Waals surface area contributed by atoms with E-state index >= 15 is 0 Å². The van der Waals surface area contributed by atoms with Gasteiger partial charge in [0, 0.05) is 31.1 Å². The standard InChI is InChI=1S/C24H28N2O3/c1-29-21-10-6-5-9-19(21)15-22(27)26-13-11-24(12-14-26)16-20(24)23(28)25-17-18-7-3-2-4-8-18/h2-10,20H,11-17H2,1H3,(H,25,28). The van der Waals surface area contributed by atoms with Crippen molar-refractivity contribution in [2.75, 3.05) is 20.2 Å². The summed E-state index contributed by atoms with van der Waals surface area (Å²) in [6.07, 6.45) is 3.13. The van der Waals surface area contributed by atoms with E-state index in [-0.39, 0.29) is 23.1 Å². The lowest BCUT2D eigenvalue weighted by Crippen LogP contribution is -2.41. The Bertz CT molecular complexity index is 873. The summed E-state index contributed by atoms with van der Waals surface area (Å²) in [5.74, 6) is 1.14. The number of benzene rings is 2. The van der Waals surface area contributed by atoms with Crippen molar-refractivity contribution in [1.82, 2.24) is 10.2 Å². The Morgan fingerprint density at radius 3 is 2.48 bits per heavy atom. The van der Waals surface area contributed by atoms with E-state index in [0.717, 1.165) is 49.2 Å². The van der Waals surface area contributed by atoms with Gasteiger partial charge < -0.3 is 15.0 Å². The molecule has 152 valence electrons. The van der Waals surface area contributed by atoms with E-state index < -0.39 is 0 Å². The molecule has 2 amide bonds. The quantitative estimate of drug-likeness (QED) is 0.821. The van der Waals surface area contributed by atoms with Gasteiger partial charge in [0.15, 0.2) is 0 Å². The van der Waals surface area contributed by atoms with Crippen LogP contribution in [0.25, 0.3) is 0 Å². The lowest BCUT2D eigenvalue weighted by atomic mass is 9.90. The summed E-state index contributed by atoms with van der Waals surface area (Å²) in [5.41, 5.74) is 2.14. The van der Waals surface area contributed by atoms with Gasteiger partial charge >= 0.3 is 0 Å². The number of rotatable bonds is 6. The predicted molar refractivity (Wildman–Crippen MR) is 111 cm³/mol. The number of carbonyl (C=O) groups is 2. The fourth-order valence-electron chi connectivity index (χ4n) is 4.50. The van der Waals surface area contributed by atoms with Crippen molar-refractivity contribution in [1.29, 1.82) is 0 Å². The Balaban J connectivity index is 1.26. The zero-order chi connectivity index (χ0) is 20.3. The van der Waals surface area contributed by atoms with E-state index in [9.17, 15) is 9.59 Å². The normalized spacial score (nSPS) is 19.6. The summed E-state index contributed by atoms with van der Waals surface area (Å²) in [4.78, 5) is 27.2. The number of para-hydroxylation sites is 1. The second-order valence-electron chi connectivity index (χ2n) is 8.19. The summed E-state index contributed by atoms with van der Waals surface area (Å²) in [6.45, 7) is 2.04. The molecule has 1 N–H and O–H groups in total. The van der Waals surface area contributed by atoms with Gasteiger partial charge in [-0.05, 0) is 36.3 Å². The minimum absolute atomic E-state index is 0.0951. The zero-order valence-corrected chi connectivity index (χ0v) is 16.9. The van der Waals surface area contributed by atoms with Gasteiger partial charge in [-0.2, -0.15) is 0 Å². The molecule has 2 aliphatic rings. The van der Waals surface area contributed by atoms with Gasteiger partial charge in [0.2, 0.25) is 11.8 Å². The molecule has 2 aromatic rings. The summed E-state index contributed by atoms with van der Waals surface area (Å²) < 4.78 is 5.36. The SMILES string of the molecule is COc1ccccc1CC(=O)N1CCC2(CC1)CC2C(=O)NCc1ccccc1. The second kappa shape index (κ2) is 8.27. The molecule has 5 nitrogen and oxygen atoms in total. The van der Waals surface area contributed by atoms with Crippen LogP contribution in [-0.2, 0) is 22.6 Å². The van der Waals surface area contributed by atoms with Crippen molar-refractivity contribution in [2.24, 2.45) is 11.3 Å². The first-order valence-corrected chi connectivity index (χ1v) is 10.3. The van der Waals surface area contributed by atoms with Crippen LogP contribution in [-0.4, -0.2) is 36.9 Å². The Morgan fingerprint density at radius 2 is 1.76 bits per heavy atom. The molecule has 29 heavy (non-hydrogen) atoms. The molecule has 4 rings (SSSR count). The van der Waals surface area contributed by atoms with Crippen LogP contribution in [0.3, 0.4) is 0 Å². The molecule has 0 aromatic heterocycles. The molecule has 1 unspecified atom stereocenters. The summed E-state index contributed by atoms with van der Waals surface area (Å²) in [5, 5.41) is 3.08. The maximum Gasteiger partial charge on any atom is 0.227 e. The molecule has 1 saturated carbocycles. The smallest absolute Gasteiger partial charge is 0.227 e. The fourth-order valence-corrected chi connectivity index (χ4v) is 4.50. The Kier molecular flexibility index (Phi) is 5.56. The van der Waals surface area contributed by atoms with Gasteiger partial charge in [0.25, 0.3) is 0 Å². The number of carbonyl (C=O) groups excluding carboxylic acids is 2. The Labute approximate surface area is 172 Å². The number of methoxy groups -OCH3 is 1. The topological polar surface area (TPSA) is 58.6 Å². The molecule has 2 fully saturated rings. The average Bonchev–Trinajstić information content (AvgIpc) is 3.46. The number of nitrogens with one attached hydrogen (secondary N) is 1. The molecular weight excluding hydrogens is 364 g/mol. The lowest BCUT2D eigenvalue weighted by Gasteiger charge is -2.33. The molecule has 0 bridgehead atoms. The summed E-state index contributed by atoms with van der Waals surface area (Å²) >= 11 is 0. The van der Waals surface area contributed by atoms with E-state index in [1.54, 1.807) is 7.11 Å². The molecule has 1 saturated heterocycles. The van der Waals surface area contributed by atoms with E-state index in [2.05, 4.69) is 5.32 Å². The highest BCUT2D eigenvalue weighted by atomic mass is 16.5. The molecule has 1 aliphatic carbocycles. The number of likely N-dealkylation sites (tertiary alicyclic amines) is 1. The molecule has 1 aliphatic heterocycles. The first-order chi connectivity index (χ1) is 14.1. The highest BCUT2D eigenvalue weighted by Gasteiger charge is 2.58. The lowest BCUT2D eigenvalue weighted by molar-refractivity contribution is -0.132. The molecule has 1 heterocycles. The van der Waals surface area contributed by atoms with Crippen molar-refractivity contribution in [2.45, 2.75) is 32.2 Å². The van der Waals surface area contributed by atoms with Crippen molar-refractivity contribution >= 4 is 11.8 Å². The molecule has 0 radical (unpaired) electrons. The third kappa shape index (κ3) is 4.29. The minimum atomic E-state index is 0.0951. The van der Waals surface area contributed by atoms with Crippen molar-refractivity contribution in [3.05, 3.63) is 65.7 Å². The number of hydrogen-bond donors (Lipinski definition) is 1. The Morgan fingerprint density at radius 1 is 1.07 bits per heavy atom. The van der Waals surface area contributed by atoms with Crippen LogP contribution in [0.15, 0.2) is 54.6 Å². The van der Waals surface area contributed by atoms with E-state index in [0.29, 0.717) is 13.0 Å². The predicted octanol–water partition coefficient (Wildman–Crippen LogP) is 3.18.